The van der Waals surface area contributed by atoms with Crippen molar-refractivity contribution in [2.45, 2.75) is 32.1 Å². The van der Waals surface area contributed by atoms with E-state index in [4.69, 9.17) is 11.6 Å². The molecule has 4 nitrogen and oxygen atoms in total. The highest BCUT2D eigenvalue weighted by Crippen LogP contribution is 2.27. The van der Waals surface area contributed by atoms with E-state index in [9.17, 15) is 9.59 Å². The van der Waals surface area contributed by atoms with Crippen molar-refractivity contribution in [3.05, 3.63) is 76.8 Å². The average molecular weight is 421 g/mol. The lowest BCUT2D eigenvalue weighted by molar-refractivity contribution is 0.0944. The average Bonchev–Trinajstić information content (AvgIpc) is 2.78. The van der Waals surface area contributed by atoms with Gasteiger partial charge in [0.1, 0.15) is 0 Å². The maximum absolute atomic E-state index is 13.0. The lowest BCUT2D eigenvalue weighted by Gasteiger charge is -2.22. The van der Waals surface area contributed by atoms with Gasteiger partial charge in [-0.05, 0) is 47.7 Å². The summed E-state index contributed by atoms with van der Waals surface area (Å²) in [4.78, 5) is 25.9. The van der Waals surface area contributed by atoms with Crippen LogP contribution in [0, 0.1) is 5.92 Å². The van der Waals surface area contributed by atoms with Crippen LogP contribution in [0.4, 0.5) is 5.69 Å². The molecule has 1 aliphatic rings. The lowest BCUT2D eigenvalue weighted by Crippen LogP contribution is -2.31. The third-order valence-corrected chi connectivity index (χ3v) is 6.11. The molecule has 2 amide bonds. The summed E-state index contributed by atoms with van der Waals surface area (Å²) in [5.41, 5.74) is 1.28. The first-order valence-electron chi connectivity index (χ1n) is 10.5. The largest absolute Gasteiger partial charge is 0.352 e. The molecule has 0 saturated heterocycles. The van der Waals surface area contributed by atoms with Gasteiger partial charge in [0, 0.05) is 12.1 Å². The highest BCUT2D eigenvalue weighted by molar-refractivity contribution is 6.35. The number of benzene rings is 3. The monoisotopic (exact) mass is 420 g/mol. The van der Waals surface area contributed by atoms with Gasteiger partial charge in [-0.25, -0.2) is 0 Å². The molecule has 0 spiro atoms. The van der Waals surface area contributed by atoms with E-state index in [-0.39, 0.29) is 11.8 Å². The third-order valence-electron chi connectivity index (χ3n) is 5.80. The minimum atomic E-state index is -0.268. The van der Waals surface area contributed by atoms with Gasteiger partial charge in [-0.3, -0.25) is 9.59 Å². The Morgan fingerprint density at radius 3 is 2.43 bits per heavy atom. The molecular weight excluding hydrogens is 396 g/mol. The van der Waals surface area contributed by atoms with Gasteiger partial charge in [-0.15, -0.1) is 0 Å². The Balaban J connectivity index is 1.55. The zero-order valence-corrected chi connectivity index (χ0v) is 17.5. The van der Waals surface area contributed by atoms with E-state index in [0.717, 1.165) is 23.6 Å². The van der Waals surface area contributed by atoms with Crippen LogP contribution in [-0.4, -0.2) is 18.4 Å². The molecule has 3 aromatic carbocycles. The second-order valence-corrected chi connectivity index (χ2v) is 8.26. The molecule has 1 fully saturated rings. The fourth-order valence-electron chi connectivity index (χ4n) is 4.19. The van der Waals surface area contributed by atoms with Gasteiger partial charge in [-0.2, -0.15) is 0 Å². The molecule has 1 aliphatic carbocycles. The minimum absolute atomic E-state index is 0.251. The van der Waals surface area contributed by atoms with E-state index < -0.39 is 0 Å². The molecule has 4 rings (SSSR count). The number of anilines is 1. The Labute approximate surface area is 181 Å². The highest BCUT2D eigenvalue weighted by atomic mass is 35.5. The predicted octanol–water partition coefficient (Wildman–Crippen LogP) is 6.06. The number of amides is 2. The van der Waals surface area contributed by atoms with Crippen molar-refractivity contribution < 1.29 is 9.59 Å². The normalized spacial score (nSPS) is 14.4. The van der Waals surface area contributed by atoms with Crippen LogP contribution >= 0.6 is 11.6 Å². The zero-order chi connectivity index (χ0) is 20.9. The van der Waals surface area contributed by atoms with Crippen molar-refractivity contribution in [3.8, 4) is 0 Å². The summed E-state index contributed by atoms with van der Waals surface area (Å²) in [6.07, 6.45) is 6.01. The Morgan fingerprint density at radius 1 is 0.867 bits per heavy atom. The molecule has 3 aromatic rings. The molecule has 0 aliphatic heterocycles. The number of nitrogens with one attached hydrogen (secondary N) is 2. The summed E-state index contributed by atoms with van der Waals surface area (Å²) in [6.45, 7) is 0.640. The molecule has 2 N–H and O–H groups in total. The van der Waals surface area contributed by atoms with Gasteiger partial charge in [-0.1, -0.05) is 73.3 Å². The van der Waals surface area contributed by atoms with Crippen LogP contribution in [0.25, 0.3) is 10.8 Å². The minimum Gasteiger partial charge on any atom is -0.352 e. The number of carbonyl (C=O) groups is 2. The molecule has 30 heavy (non-hydrogen) atoms. The number of rotatable bonds is 5. The van der Waals surface area contributed by atoms with E-state index in [1.54, 1.807) is 24.3 Å². The summed E-state index contributed by atoms with van der Waals surface area (Å²) in [5, 5.41) is 8.09. The Bertz CT molecular complexity index is 1070. The van der Waals surface area contributed by atoms with Gasteiger partial charge in [0.2, 0.25) is 0 Å². The topological polar surface area (TPSA) is 58.2 Å². The molecule has 0 atom stereocenters. The Kier molecular flexibility index (Phi) is 6.34. The molecule has 0 unspecified atom stereocenters. The maximum Gasteiger partial charge on any atom is 0.256 e. The van der Waals surface area contributed by atoms with Crippen LogP contribution in [0.15, 0.2) is 60.7 Å². The van der Waals surface area contributed by atoms with E-state index in [1.165, 1.54) is 19.3 Å². The zero-order valence-electron chi connectivity index (χ0n) is 16.8. The van der Waals surface area contributed by atoms with Crippen LogP contribution in [0.2, 0.25) is 5.02 Å². The van der Waals surface area contributed by atoms with E-state index in [1.807, 2.05) is 36.4 Å². The van der Waals surface area contributed by atoms with Crippen LogP contribution in [0.5, 0.6) is 0 Å². The van der Waals surface area contributed by atoms with Crippen molar-refractivity contribution in [1.29, 1.82) is 0 Å². The second kappa shape index (κ2) is 9.31. The van der Waals surface area contributed by atoms with Crippen molar-refractivity contribution in [2.24, 2.45) is 5.92 Å². The lowest BCUT2D eigenvalue weighted by atomic mass is 9.89. The molecule has 0 heterocycles. The van der Waals surface area contributed by atoms with Crippen molar-refractivity contribution in [3.63, 3.8) is 0 Å². The van der Waals surface area contributed by atoms with E-state index in [0.29, 0.717) is 34.3 Å². The fraction of sp³-hybridized carbons (Fsp3) is 0.280. The number of carbonyl (C=O) groups excluding carboxylic acids is 2. The second-order valence-electron chi connectivity index (χ2n) is 7.86. The van der Waals surface area contributed by atoms with Gasteiger partial charge < -0.3 is 10.6 Å². The number of hydrogen-bond acceptors (Lipinski definition) is 2. The first-order valence-corrected chi connectivity index (χ1v) is 10.9. The van der Waals surface area contributed by atoms with Crippen LogP contribution < -0.4 is 10.6 Å². The molecule has 0 bridgehead atoms. The summed E-state index contributed by atoms with van der Waals surface area (Å²) >= 11 is 6.36. The Morgan fingerprint density at radius 2 is 1.60 bits per heavy atom. The molecule has 1 saturated carbocycles. The standard InChI is InChI=1S/C25H25ClN2O2/c26-21-14-7-15-22(23(21)25(30)27-16-17-8-2-1-3-9-17)28-24(29)20-13-6-11-18-10-4-5-12-19(18)20/h4-7,10-15,17H,1-3,8-9,16H2,(H,27,30)(H,28,29). The summed E-state index contributed by atoms with van der Waals surface area (Å²) in [6, 6.07) is 18.5. The van der Waals surface area contributed by atoms with Gasteiger partial charge in [0.05, 0.1) is 16.3 Å². The number of halogens is 1. The SMILES string of the molecule is O=C(NCC1CCCCC1)c1c(Cl)cccc1NC(=O)c1cccc2ccccc12. The smallest absolute Gasteiger partial charge is 0.256 e. The maximum atomic E-state index is 13.0. The van der Waals surface area contributed by atoms with E-state index >= 15 is 0 Å². The number of fused-ring (bicyclic) bond motifs is 1. The van der Waals surface area contributed by atoms with Crippen LogP contribution in [0.3, 0.4) is 0 Å². The molecule has 0 aromatic heterocycles. The summed E-state index contributed by atoms with van der Waals surface area (Å²) in [7, 11) is 0. The van der Waals surface area contributed by atoms with Crippen LogP contribution in [-0.2, 0) is 0 Å². The highest BCUT2D eigenvalue weighted by Gasteiger charge is 2.20. The first-order chi connectivity index (χ1) is 14.6. The van der Waals surface area contributed by atoms with Crippen molar-refractivity contribution in [1.82, 2.24) is 5.32 Å². The van der Waals surface area contributed by atoms with Gasteiger partial charge in [0.15, 0.2) is 0 Å². The van der Waals surface area contributed by atoms with Gasteiger partial charge in [0.25, 0.3) is 11.8 Å². The Hall–Kier alpha value is -2.85. The molecule has 5 heteroatoms. The quantitative estimate of drug-likeness (QED) is 0.527. The van der Waals surface area contributed by atoms with Crippen molar-refractivity contribution in [2.75, 3.05) is 11.9 Å². The third kappa shape index (κ3) is 4.49. The summed E-state index contributed by atoms with van der Waals surface area (Å²) < 4.78 is 0. The van der Waals surface area contributed by atoms with Crippen molar-refractivity contribution >= 4 is 39.9 Å². The fourth-order valence-corrected chi connectivity index (χ4v) is 4.45. The molecule has 154 valence electrons. The number of hydrogen-bond donors (Lipinski definition) is 2. The molecular formula is C25H25ClN2O2. The predicted molar refractivity (Wildman–Crippen MR) is 122 cm³/mol. The van der Waals surface area contributed by atoms with Crippen LogP contribution in [0.1, 0.15) is 52.8 Å². The van der Waals surface area contributed by atoms with Gasteiger partial charge >= 0.3 is 0 Å². The summed E-state index contributed by atoms with van der Waals surface area (Å²) in [5.74, 6) is -0.00583. The van der Waals surface area contributed by atoms with E-state index in [2.05, 4.69) is 10.6 Å². The molecule has 0 radical (unpaired) electrons. The first kappa shape index (κ1) is 20.4.